The van der Waals surface area contributed by atoms with E-state index in [2.05, 4.69) is 15.3 Å². The van der Waals surface area contributed by atoms with E-state index < -0.39 is 18.0 Å². The summed E-state index contributed by atoms with van der Waals surface area (Å²) in [5, 5.41) is 6.52. The van der Waals surface area contributed by atoms with Crippen molar-refractivity contribution in [3.8, 4) is 28.5 Å². The average Bonchev–Trinajstić information content (AvgIpc) is 3.66. The zero-order valence-electron chi connectivity index (χ0n) is 22.3. The van der Waals surface area contributed by atoms with Gasteiger partial charge in [0, 0.05) is 21.9 Å². The van der Waals surface area contributed by atoms with Crippen molar-refractivity contribution in [2.24, 2.45) is 0 Å². The maximum atomic E-state index is 13.5. The Morgan fingerprint density at radius 2 is 1.78 bits per heavy atom. The van der Waals surface area contributed by atoms with Crippen LogP contribution < -0.4 is 10.1 Å². The molecule has 2 heterocycles. The molecule has 2 aromatic heterocycles. The second-order valence-electron chi connectivity index (χ2n) is 9.26. The van der Waals surface area contributed by atoms with Crippen LogP contribution in [0.2, 0.25) is 0 Å². The van der Waals surface area contributed by atoms with Crippen molar-refractivity contribution < 1.29 is 23.5 Å². The molecule has 6 aromatic rings. The maximum Gasteiger partial charge on any atom is 0.339 e. The Balaban J connectivity index is 1.24. The van der Waals surface area contributed by atoms with Gasteiger partial charge in [-0.15, -0.1) is 11.3 Å². The van der Waals surface area contributed by atoms with Crippen LogP contribution in [0.15, 0.2) is 94.7 Å². The molecular formula is C32H25N3O5S. The number of anilines is 1. The molecule has 0 bridgehead atoms. The number of oxazole rings is 1. The van der Waals surface area contributed by atoms with Crippen molar-refractivity contribution >= 4 is 50.2 Å². The number of thiazole rings is 1. The van der Waals surface area contributed by atoms with Gasteiger partial charge in [0.25, 0.3) is 5.91 Å². The van der Waals surface area contributed by atoms with Crippen LogP contribution in [0.5, 0.6) is 5.75 Å². The first-order chi connectivity index (χ1) is 20.0. The highest BCUT2D eigenvalue weighted by Gasteiger charge is 2.25. The van der Waals surface area contributed by atoms with Gasteiger partial charge in [-0.25, -0.2) is 14.8 Å². The minimum absolute atomic E-state index is 0.286. The molecule has 204 valence electrons. The molecule has 1 atom stereocenters. The first-order valence-electron chi connectivity index (χ1n) is 13.0. The number of methoxy groups -OCH3 is 1. The molecule has 0 fully saturated rings. The lowest BCUT2D eigenvalue weighted by molar-refractivity contribution is -0.124. The Morgan fingerprint density at radius 1 is 0.976 bits per heavy atom. The van der Waals surface area contributed by atoms with Crippen LogP contribution in [0.1, 0.15) is 23.7 Å². The Morgan fingerprint density at radius 3 is 2.59 bits per heavy atom. The smallest absolute Gasteiger partial charge is 0.339 e. The van der Waals surface area contributed by atoms with Crippen molar-refractivity contribution in [2.75, 3.05) is 12.4 Å². The number of rotatable bonds is 8. The predicted octanol–water partition coefficient (Wildman–Crippen LogP) is 7.35. The number of fused-ring (bicyclic) bond motifs is 2. The van der Waals surface area contributed by atoms with Crippen molar-refractivity contribution in [1.82, 2.24) is 9.97 Å². The van der Waals surface area contributed by atoms with Crippen LogP contribution in [-0.4, -0.2) is 35.1 Å². The van der Waals surface area contributed by atoms with Crippen LogP contribution in [-0.2, 0) is 9.53 Å². The van der Waals surface area contributed by atoms with Crippen LogP contribution in [0, 0.1) is 0 Å². The third-order valence-corrected chi connectivity index (χ3v) is 7.42. The van der Waals surface area contributed by atoms with Crippen LogP contribution in [0.4, 0.5) is 5.13 Å². The summed E-state index contributed by atoms with van der Waals surface area (Å²) < 4.78 is 17.1. The van der Waals surface area contributed by atoms with Crippen LogP contribution in [0.3, 0.4) is 0 Å². The minimum atomic E-state index is -1.02. The average molecular weight is 564 g/mol. The number of hydrogen-bond donors (Lipinski definition) is 1. The number of carbonyl (C=O) groups excluding carboxylic acids is 2. The number of nitrogens with zero attached hydrogens (tertiary/aromatic N) is 2. The lowest BCUT2D eigenvalue weighted by Crippen LogP contribution is -2.32. The summed E-state index contributed by atoms with van der Waals surface area (Å²) in [6.45, 7) is 1.79. The zero-order chi connectivity index (χ0) is 28.3. The molecule has 8 nitrogen and oxygen atoms in total. The van der Waals surface area contributed by atoms with Gasteiger partial charge in [-0.1, -0.05) is 55.5 Å². The molecule has 0 aliphatic carbocycles. The zero-order valence-corrected chi connectivity index (χ0v) is 23.1. The number of aromatic nitrogens is 2. The van der Waals surface area contributed by atoms with E-state index in [0.717, 1.165) is 16.5 Å². The fourth-order valence-corrected chi connectivity index (χ4v) is 5.35. The highest BCUT2D eigenvalue weighted by molar-refractivity contribution is 7.14. The van der Waals surface area contributed by atoms with E-state index in [0.29, 0.717) is 44.6 Å². The molecule has 1 amide bonds. The highest BCUT2D eigenvalue weighted by Crippen LogP contribution is 2.33. The van der Waals surface area contributed by atoms with E-state index in [9.17, 15) is 9.59 Å². The van der Waals surface area contributed by atoms with Gasteiger partial charge in [0.2, 0.25) is 5.89 Å². The van der Waals surface area contributed by atoms with Crippen molar-refractivity contribution in [3.05, 3.63) is 95.9 Å². The number of nitrogens with one attached hydrogen (secondary N) is 1. The number of carbonyl (C=O) groups is 2. The summed E-state index contributed by atoms with van der Waals surface area (Å²) in [4.78, 5) is 35.8. The normalized spacial score (nSPS) is 11.9. The molecular weight excluding hydrogens is 538 g/mol. The largest absolute Gasteiger partial charge is 0.497 e. The molecule has 9 heteroatoms. The molecule has 1 N–H and O–H groups in total. The van der Waals surface area contributed by atoms with Crippen molar-refractivity contribution in [1.29, 1.82) is 0 Å². The molecule has 1 unspecified atom stereocenters. The summed E-state index contributed by atoms with van der Waals surface area (Å²) in [6.07, 6.45) is -0.729. The number of esters is 1. The molecule has 0 radical (unpaired) electrons. The van der Waals surface area contributed by atoms with Gasteiger partial charge >= 0.3 is 5.97 Å². The number of para-hydroxylation sites is 2. The number of amides is 1. The van der Waals surface area contributed by atoms with Crippen LogP contribution in [0.25, 0.3) is 44.6 Å². The second-order valence-corrected chi connectivity index (χ2v) is 10.1. The van der Waals surface area contributed by atoms with E-state index in [-0.39, 0.29) is 6.42 Å². The standard InChI is InChI=1S/C32H25N3O5S/c1-3-26(29(36)35-32-34-25(18-41-32)20-11-6-12-21(17-20)38-2)40-31(37)23-14-8-10-19-9-7-13-22(28(19)23)30-33-24-15-4-5-16-27(24)39-30/h4-18,26H,3H2,1-2H3,(H,34,35,36). The van der Waals surface area contributed by atoms with Gasteiger partial charge < -0.3 is 13.9 Å². The van der Waals surface area contributed by atoms with Crippen molar-refractivity contribution in [2.45, 2.75) is 19.4 Å². The first kappa shape index (κ1) is 26.2. The molecule has 0 saturated carbocycles. The minimum Gasteiger partial charge on any atom is -0.497 e. The fraction of sp³-hybridized carbons (Fsp3) is 0.125. The molecule has 6 rings (SSSR count). The molecule has 0 aliphatic rings. The topological polar surface area (TPSA) is 104 Å². The Kier molecular flexibility index (Phi) is 7.18. The Bertz CT molecular complexity index is 1860. The fourth-order valence-electron chi connectivity index (χ4n) is 4.62. The van der Waals surface area contributed by atoms with Gasteiger partial charge in [0.1, 0.15) is 11.3 Å². The van der Waals surface area contributed by atoms with Gasteiger partial charge in [0.05, 0.1) is 18.4 Å². The first-order valence-corrected chi connectivity index (χ1v) is 13.9. The molecule has 41 heavy (non-hydrogen) atoms. The van der Waals surface area contributed by atoms with Crippen LogP contribution >= 0.6 is 11.3 Å². The van der Waals surface area contributed by atoms with E-state index >= 15 is 0 Å². The SMILES string of the molecule is CCC(OC(=O)c1cccc2cccc(-c3nc4ccccc4o3)c12)C(=O)Nc1nc(-c2cccc(OC)c2)cs1. The monoisotopic (exact) mass is 563 g/mol. The summed E-state index contributed by atoms with van der Waals surface area (Å²) >= 11 is 1.29. The lowest BCUT2D eigenvalue weighted by atomic mass is 9.99. The van der Waals surface area contributed by atoms with E-state index in [1.165, 1.54) is 11.3 Å². The molecule has 0 spiro atoms. The van der Waals surface area contributed by atoms with E-state index in [1.807, 2.05) is 78.2 Å². The summed E-state index contributed by atoms with van der Waals surface area (Å²) in [5.41, 5.74) is 3.93. The predicted molar refractivity (Wildman–Crippen MR) is 159 cm³/mol. The van der Waals surface area contributed by atoms with E-state index in [1.54, 1.807) is 26.2 Å². The third-order valence-electron chi connectivity index (χ3n) is 6.66. The number of benzene rings is 4. The van der Waals surface area contributed by atoms with Gasteiger partial charge in [0.15, 0.2) is 16.8 Å². The summed E-state index contributed by atoms with van der Waals surface area (Å²) in [7, 11) is 1.60. The molecule has 0 saturated heterocycles. The number of ether oxygens (including phenoxy) is 2. The highest BCUT2D eigenvalue weighted by atomic mass is 32.1. The summed E-state index contributed by atoms with van der Waals surface area (Å²) in [5.74, 6) is 0.0494. The van der Waals surface area contributed by atoms with Gasteiger partial charge in [-0.3, -0.25) is 10.1 Å². The maximum absolute atomic E-state index is 13.5. The van der Waals surface area contributed by atoms with Gasteiger partial charge in [-0.2, -0.15) is 0 Å². The molecule has 0 aliphatic heterocycles. The van der Waals surface area contributed by atoms with E-state index in [4.69, 9.17) is 13.9 Å². The quantitative estimate of drug-likeness (QED) is 0.193. The van der Waals surface area contributed by atoms with Gasteiger partial charge in [-0.05, 0) is 48.2 Å². The Hall–Kier alpha value is -5.02. The lowest BCUT2D eigenvalue weighted by Gasteiger charge is -2.16. The Labute approximate surface area is 239 Å². The second kappa shape index (κ2) is 11.2. The molecule has 4 aromatic carbocycles. The summed E-state index contributed by atoms with van der Waals surface area (Å²) in [6, 6.07) is 26.0. The number of hydrogen-bond acceptors (Lipinski definition) is 8. The third kappa shape index (κ3) is 5.27. The van der Waals surface area contributed by atoms with Crippen molar-refractivity contribution in [3.63, 3.8) is 0 Å².